The van der Waals surface area contributed by atoms with E-state index in [-0.39, 0.29) is 102 Å². The largest absolute Gasteiger partial charge is 0.394 e. The third kappa shape index (κ3) is 18.0. The first-order chi connectivity index (χ1) is 21.9. The van der Waals surface area contributed by atoms with Crippen LogP contribution in [0.1, 0.15) is 69.1 Å². The van der Waals surface area contributed by atoms with Crippen LogP contribution < -0.4 is 38.5 Å². The van der Waals surface area contributed by atoms with Gasteiger partial charge in [0, 0.05) is 13.5 Å². The van der Waals surface area contributed by atoms with Crippen molar-refractivity contribution in [2.75, 3.05) is 19.7 Å². The van der Waals surface area contributed by atoms with Crippen LogP contribution in [0.15, 0.2) is 29.3 Å². The highest BCUT2D eigenvalue weighted by Crippen LogP contribution is 2.23. The molecule has 11 N–H and O–H groups in total. The number of aromatic nitrogens is 1. The average Bonchev–Trinajstić information content (AvgIpc) is 3.44. The molecule has 2 aromatic rings. The van der Waals surface area contributed by atoms with E-state index in [1.165, 1.54) is 18.3 Å². The molecule has 0 aliphatic rings. The molecule has 0 aliphatic carbocycles. The molecule has 50 heavy (non-hydrogen) atoms. The van der Waals surface area contributed by atoms with Crippen LogP contribution in [0, 0.1) is 5.92 Å². The molecule has 4 atom stereocenters. The van der Waals surface area contributed by atoms with Gasteiger partial charge in [-0.05, 0) is 63.1 Å². The van der Waals surface area contributed by atoms with Crippen molar-refractivity contribution in [3.8, 4) is 0 Å². The number of carbonyl (C=O) groups is 5. The highest BCUT2D eigenvalue weighted by molar-refractivity contribution is 7.59. The number of rotatable bonds is 20. The van der Waals surface area contributed by atoms with Crippen molar-refractivity contribution in [2.24, 2.45) is 28.1 Å². The van der Waals surface area contributed by atoms with E-state index in [1.807, 2.05) is 32.0 Å². The van der Waals surface area contributed by atoms with Crippen molar-refractivity contribution >= 4 is 111 Å². The van der Waals surface area contributed by atoms with Crippen molar-refractivity contribution in [1.82, 2.24) is 26.3 Å². The molecule has 0 spiro atoms. The number of carbonyl (C=O) groups excluding carboxylic acids is 5. The van der Waals surface area contributed by atoms with Gasteiger partial charge in [-0.25, -0.2) is 4.98 Å². The molecule has 0 fully saturated rings. The molecule has 0 bridgehead atoms. The molecule has 0 aliphatic heterocycles. The minimum atomic E-state index is -1.26. The van der Waals surface area contributed by atoms with Gasteiger partial charge in [0.1, 0.15) is 18.1 Å². The van der Waals surface area contributed by atoms with E-state index in [4.69, 9.17) is 17.2 Å². The van der Waals surface area contributed by atoms with E-state index in [2.05, 4.69) is 31.2 Å². The van der Waals surface area contributed by atoms with E-state index in [0.717, 1.165) is 4.70 Å². The molecular weight excluding hydrogens is 743 g/mol. The zero-order chi connectivity index (χ0) is 34.2. The number of aliphatic hydroxyl groups is 1. The molecule has 0 unspecified atom stereocenters. The number of aliphatic hydroxyl groups excluding tert-OH is 1. The number of hydrogen-bond donors (Lipinski definition) is 8. The summed E-state index contributed by atoms with van der Waals surface area (Å²) in [5.74, 6) is -2.99. The summed E-state index contributed by atoms with van der Waals surface area (Å²) in [5, 5.41) is 20.3. The first-order valence-corrected chi connectivity index (χ1v) is 16.1. The maximum atomic E-state index is 13.7. The number of unbranched alkanes of at least 4 members (excludes halogenated alkanes) is 1. The second kappa shape index (κ2) is 27.0. The van der Waals surface area contributed by atoms with Crippen molar-refractivity contribution in [3.05, 3.63) is 29.3 Å². The second-order valence-corrected chi connectivity index (χ2v) is 12.4. The highest BCUT2D eigenvalue weighted by Gasteiger charge is 2.32. The van der Waals surface area contributed by atoms with E-state index >= 15 is 0 Å². The Balaban J connectivity index is -0.00000552. The molecule has 0 radical (unpaired) electrons. The van der Waals surface area contributed by atoms with E-state index in [9.17, 15) is 29.1 Å². The number of amides is 4. The number of nitrogens with two attached hydrogens (primary N) is 3. The number of ketones is 1. The molecule has 20 heteroatoms. The Labute approximate surface area is 325 Å². The van der Waals surface area contributed by atoms with Crippen LogP contribution in [-0.4, -0.2) is 89.3 Å². The molecule has 1 heterocycles. The SMILES string of the molecule is CC(=O)N[C@@H](CO)C(=O)N[C@@H](CCCCN)C(=O)N[C@@H](CC(C)C)C(=O)N[C@@H](CCCN=C(N)N)C(=O)c1nc2ccccc2s1.S.S.S.S. The summed E-state index contributed by atoms with van der Waals surface area (Å²) in [4.78, 5) is 73.6. The maximum Gasteiger partial charge on any atom is 0.245 e. The number of Topliss-reactive ketones (excluding diaryl/α,β-unsaturated/α-hetero) is 1. The summed E-state index contributed by atoms with van der Waals surface area (Å²) in [5.41, 5.74) is 17.1. The molecule has 0 saturated carbocycles. The van der Waals surface area contributed by atoms with Gasteiger partial charge in [0.2, 0.25) is 29.4 Å². The first-order valence-electron chi connectivity index (χ1n) is 15.3. The highest BCUT2D eigenvalue weighted by atomic mass is 32.1. The molecule has 1 aromatic heterocycles. The molecule has 0 saturated heterocycles. The zero-order valence-corrected chi connectivity index (χ0v) is 33.4. The monoisotopic (exact) mass is 797 g/mol. The second-order valence-electron chi connectivity index (χ2n) is 11.3. The van der Waals surface area contributed by atoms with E-state index in [1.54, 1.807) is 6.07 Å². The molecular formula is C30H55N9O6S5. The summed E-state index contributed by atoms with van der Waals surface area (Å²) in [6.45, 7) is 4.90. The normalized spacial score (nSPS) is 12.6. The van der Waals surface area contributed by atoms with Gasteiger partial charge in [-0.2, -0.15) is 54.0 Å². The molecule has 2 rings (SSSR count). The van der Waals surface area contributed by atoms with Crippen LogP contribution in [0.5, 0.6) is 0 Å². The maximum absolute atomic E-state index is 13.7. The van der Waals surface area contributed by atoms with Gasteiger partial charge in [0.25, 0.3) is 0 Å². The topological polar surface area (TPSA) is 257 Å². The van der Waals surface area contributed by atoms with E-state index < -0.39 is 54.4 Å². The quantitative estimate of drug-likeness (QED) is 0.0388. The molecule has 4 amide bonds. The van der Waals surface area contributed by atoms with Gasteiger partial charge >= 0.3 is 0 Å². The van der Waals surface area contributed by atoms with Crippen LogP contribution in [0.25, 0.3) is 10.2 Å². The van der Waals surface area contributed by atoms with Crippen molar-refractivity contribution < 1.29 is 29.1 Å². The minimum Gasteiger partial charge on any atom is -0.394 e. The Morgan fingerprint density at radius 3 is 1.94 bits per heavy atom. The number of hydrogen-bond acceptors (Lipinski definition) is 10. The number of aliphatic imine (C=N–C) groups is 1. The lowest BCUT2D eigenvalue weighted by molar-refractivity contribution is -0.134. The summed E-state index contributed by atoms with van der Waals surface area (Å²) < 4.78 is 0.825. The van der Waals surface area contributed by atoms with Crippen molar-refractivity contribution in [1.29, 1.82) is 0 Å². The van der Waals surface area contributed by atoms with Gasteiger partial charge in [-0.3, -0.25) is 29.0 Å². The predicted molar refractivity (Wildman–Crippen MR) is 218 cm³/mol. The van der Waals surface area contributed by atoms with Crippen LogP contribution in [0.4, 0.5) is 0 Å². The van der Waals surface area contributed by atoms with Crippen LogP contribution in [0.3, 0.4) is 0 Å². The van der Waals surface area contributed by atoms with Gasteiger partial charge in [-0.15, -0.1) is 11.3 Å². The Morgan fingerprint density at radius 2 is 1.38 bits per heavy atom. The lowest BCUT2D eigenvalue weighted by Gasteiger charge is -2.27. The zero-order valence-electron chi connectivity index (χ0n) is 28.6. The van der Waals surface area contributed by atoms with Gasteiger partial charge in [-0.1, -0.05) is 26.0 Å². The van der Waals surface area contributed by atoms with Crippen LogP contribution in [-0.2, 0) is 19.2 Å². The number of guanidine groups is 1. The fraction of sp³-hybridized carbons (Fsp3) is 0.567. The van der Waals surface area contributed by atoms with Crippen molar-refractivity contribution in [2.45, 2.75) is 83.5 Å². The summed E-state index contributed by atoms with van der Waals surface area (Å²) in [6, 6.07) is 2.95. The minimum absolute atomic E-state index is 0. The Hall–Kier alpha value is -2.75. The van der Waals surface area contributed by atoms with Crippen LogP contribution >= 0.6 is 65.3 Å². The summed E-state index contributed by atoms with van der Waals surface area (Å²) in [6.07, 6.45) is 2.11. The van der Waals surface area contributed by atoms with Gasteiger partial charge in [0.15, 0.2) is 11.0 Å². The summed E-state index contributed by atoms with van der Waals surface area (Å²) >= 11 is 1.22. The van der Waals surface area contributed by atoms with Crippen LogP contribution in [0.2, 0.25) is 0 Å². The van der Waals surface area contributed by atoms with Gasteiger partial charge in [0.05, 0.1) is 22.9 Å². The number of nitrogens with one attached hydrogen (secondary N) is 4. The lowest BCUT2D eigenvalue weighted by Crippen LogP contribution is -2.58. The smallest absolute Gasteiger partial charge is 0.245 e. The number of para-hydroxylation sites is 1. The lowest BCUT2D eigenvalue weighted by atomic mass is 10.00. The number of fused-ring (bicyclic) bond motifs is 1. The molecule has 15 nitrogen and oxygen atoms in total. The Kier molecular flexibility index (Phi) is 27.8. The fourth-order valence-electron chi connectivity index (χ4n) is 4.62. The third-order valence-corrected chi connectivity index (χ3v) is 7.93. The summed E-state index contributed by atoms with van der Waals surface area (Å²) in [7, 11) is 0. The standard InChI is InChI=1S/C30H47N9O6S.4H2S/c1-17(2)15-22(38-26(43)21(10-6-7-13-31)37-28(45)23(16-40)35-18(3)41)27(44)36-20(11-8-14-34-30(32)33)25(42)29-39-19-9-4-5-12-24(19)46-29;;;;/h4-5,9,12,17,20-23,40H,6-8,10-11,13-16,31H2,1-3H3,(H,35,41)(H,36,44)(H,37,45)(H,38,43)(H4,32,33,34);4*1H2/t20-,21-,22-,23-;;;;/m0..../s1. The number of thiazole rings is 1. The van der Waals surface area contributed by atoms with Crippen molar-refractivity contribution in [3.63, 3.8) is 0 Å². The number of benzene rings is 1. The third-order valence-electron chi connectivity index (χ3n) is 6.88. The van der Waals surface area contributed by atoms with Gasteiger partial charge < -0.3 is 43.6 Å². The Bertz CT molecular complexity index is 1340. The predicted octanol–water partition coefficient (Wildman–Crippen LogP) is 0.110. The molecule has 1 aromatic carbocycles. The average molecular weight is 798 g/mol. The fourth-order valence-corrected chi connectivity index (χ4v) is 5.58. The molecule has 286 valence electrons. The van der Waals surface area contributed by atoms with E-state index in [0.29, 0.717) is 31.3 Å². The number of nitrogens with zero attached hydrogens (tertiary/aromatic N) is 2. The first kappa shape index (κ1) is 51.6. The Morgan fingerprint density at radius 1 is 0.820 bits per heavy atom.